The number of carbonyl (C=O) groups excluding carboxylic acids is 2. The van der Waals surface area contributed by atoms with Gasteiger partial charge in [-0.1, -0.05) is 18.2 Å². The van der Waals surface area contributed by atoms with Gasteiger partial charge in [0.1, 0.15) is 11.5 Å². The Bertz CT molecular complexity index is 950. The van der Waals surface area contributed by atoms with Gasteiger partial charge in [0.25, 0.3) is 5.91 Å². The standard InChI is InChI=1S/C21H16N2O4/c24-18-10-8-16(9-11-18)20(25)23-22-14-15-6-12-19(13-7-15)27-21(26)17-4-2-1-3-5-17/h1-14,24H,(H,23,25)/b22-14-. The smallest absolute Gasteiger partial charge is 0.343 e. The van der Waals surface area contributed by atoms with E-state index in [4.69, 9.17) is 4.74 Å². The zero-order valence-electron chi connectivity index (χ0n) is 14.2. The number of nitrogens with one attached hydrogen (secondary N) is 1. The highest BCUT2D eigenvalue weighted by atomic mass is 16.5. The Hall–Kier alpha value is -3.93. The third-order valence-corrected chi connectivity index (χ3v) is 3.61. The molecular weight excluding hydrogens is 344 g/mol. The molecule has 0 spiro atoms. The Morgan fingerprint density at radius 1 is 0.852 bits per heavy atom. The normalized spacial score (nSPS) is 10.5. The zero-order chi connectivity index (χ0) is 19.1. The summed E-state index contributed by atoms with van der Waals surface area (Å²) < 4.78 is 5.29. The molecule has 0 aliphatic heterocycles. The van der Waals surface area contributed by atoms with E-state index in [2.05, 4.69) is 10.5 Å². The van der Waals surface area contributed by atoms with Gasteiger partial charge < -0.3 is 9.84 Å². The number of phenols is 1. The van der Waals surface area contributed by atoms with Crippen LogP contribution in [0.15, 0.2) is 84.0 Å². The first-order chi connectivity index (χ1) is 13.1. The van der Waals surface area contributed by atoms with Crippen molar-refractivity contribution in [2.24, 2.45) is 5.10 Å². The summed E-state index contributed by atoms with van der Waals surface area (Å²) in [7, 11) is 0. The van der Waals surface area contributed by atoms with Gasteiger partial charge in [-0.15, -0.1) is 0 Å². The van der Waals surface area contributed by atoms with E-state index in [0.29, 0.717) is 16.9 Å². The number of hydrogen-bond donors (Lipinski definition) is 2. The number of rotatable bonds is 5. The molecule has 0 aliphatic carbocycles. The van der Waals surface area contributed by atoms with Crippen molar-refractivity contribution in [1.29, 1.82) is 0 Å². The van der Waals surface area contributed by atoms with Gasteiger partial charge in [-0.3, -0.25) is 4.79 Å². The highest BCUT2D eigenvalue weighted by Crippen LogP contribution is 2.14. The minimum Gasteiger partial charge on any atom is -0.508 e. The van der Waals surface area contributed by atoms with E-state index in [-0.39, 0.29) is 11.7 Å². The molecule has 27 heavy (non-hydrogen) atoms. The molecule has 0 heterocycles. The minimum atomic E-state index is -0.432. The van der Waals surface area contributed by atoms with Crippen molar-refractivity contribution in [2.45, 2.75) is 0 Å². The highest BCUT2D eigenvalue weighted by Gasteiger charge is 2.07. The van der Waals surface area contributed by atoms with Gasteiger partial charge in [0.2, 0.25) is 0 Å². The molecule has 3 rings (SSSR count). The van der Waals surface area contributed by atoms with E-state index in [1.807, 2.05) is 6.07 Å². The summed E-state index contributed by atoms with van der Waals surface area (Å²) in [5, 5.41) is 13.1. The van der Waals surface area contributed by atoms with Gasteiger partial charge in [-0.05, 0) is 66.2 Å². The van der Waals surface area contributed by atoms with Crippen LogP contribution < -0.4 is 10.2 Å². The molecule has 134 valence electrons. The Labute approximate surface area is 155 Å². The number of hydrazone groups is 1. The summed E-state index contributed by atoms with van der Waals surface area (Å²) >= 11 is 0. The van der Waals surface area contributed by atoms with Crippen LogP contribution in [0.5, 0.6) is 11.5 Å². The molecule has 0 saturated carbocycles. The van der Waals surface area contributed by atoms with Gasteiger partial charge >= 0.3 is 5.97 Å². The number of ether oxygens (including phenoxy) is 1. The number of nitrogens with zero attached hydrogens (tertiary/aromatic N) is 1. The fourth-order valence-electron chi connectivity index (χ4n) is 2.20. The van der Waals surface area contributed by atoms with E-state index < -0.39 is 5.97 Å². The Morgan fingerprint density at radius 3 is 2.19 bits per heavy atom. The summed E-state index contributed by atoms with van der Waals surface area (Å²) in [5.41, 5.74) is 3.98. The van der Waals surface area contributed by atoms with Gasteiger partial charge in [-0.25, -0.2) is 10.2 Å². The first kappa shape index (κ1) is 17.9. The molecule has 0 unspecified atom stereocenters. The van der Waals surface area contributed by atoms with Crippen molar-refractivity contribution in [2.75, 3.05) is 0 Å². The number of amides is 1. The van der Waals surface area contributed by atoms with Crippen LogP contribution in [0, 0.1) is 0 Å². The molecule has 0 aliphatic rings. The van der Waals surface area contributed by atoms with E-state index in [9.17, 15) is 14.7 Å². The van der Waals surface area contributed by atoms with E-state index in [1.54, 1.807) is 48.5 Å². The number of phenolic OH excluding ortho intramolecular Hbond substituents is 1. The number of aromatic hydroxyl groups is 1. The van der Waals surface area contributed by atoms with Gasteiger partial charge in [0.15, 0.2) is 0 Å². The number of esters is 1. The molecule has 3 aromatic rings. The van der Waals surface area contributed by atoms with Crippen molar-refractivity contribution in [3.63, 3.8) is 0 Å². The van der Waals surface area contributed by atoms with Crippen LogP contribution in [-0.2, 0) is 0 Å². The second-order valence-electron chi connectivity index (χ2n) is 5.57. The van der Waals surface area contributed by atoms with E-state index in [0.717, 1.165) is 5.56 Å². The number of benzene rings is 3. The lowest BCUT2D eigenvalue weighted by Gasteiger charge is -2.04. The molecule has 0 saturated heterocycles. The molecule has 6 nitrogen and oxygen atoms in total. The predicted octanol–water partition coefficient (Wildman–Crippen LogP) is 3.38. The molecule has 0 bridgehead atoms. The quantitative estimate of drug-likeness (QED) is 0.316. The largest absolute Gasteiger partial charge is 0.508 e. The van der Waals surface area contributed by atoms with Gasteiger partial charge in [0, 0.05) is 5.56 Å². The molecule has 0 atom stereocenters. The van der Waals surface area contributed by atoms with E-state index >= 15 is 0 Å². The fourth-order valence-corrected chi connectivity index (χ4v) is 2.20. The van der Waals surface area contributed by atoms with E-state index in [1.165, 1.54) is 30.5 Å². The average Bonchev–Trinajstić information content (AvgIpc) is 2.70. The first-order valence-electron chi connectivity index (χ1n) is 8.11. The van der Waals surface area contributed by atoms with Crippen LogP contribution in [0.1, 0.15) is 26.3 Å². The second-order valence-corrected chi connectivity index (χ2v) is 5.57. The monoisotopic (exact) mass is 360 g/mol. The maximum atomic E-state index is 12.0. The molecule has 6 heteroatoms. The Kier molecular flexibility index (Phi) is 5.59. The van der Waals surface area contributed by atoms with Crippen LogP contribution in [-0.4, -0.2) is 23.2 Å². The topological polar surface area (TPSA) is 88.0 Å². The molecule has 2 N–H and O–H groups in total. The molecule has 0 fully saturated rings. The number of hydrogen-bond acceptors (Lipinski definition) is 5. The third-order valence-electron chi connectivity index (χ3n) is 3.61. The van der Waals surface area contributed by atoms with Crippen molar-refractivity contribution in [1.82, 2.24) is 5.43 Å². The first-order valence-corrected chi connectivity index (χ1v) is 8.11. The van der Waals surface area contributed by atoms with Crippen molar-refractivity contribution >= 4 is 18.1 Å². The Morgan fingerprint density at radius 2 is 1.52 bits per heavy atom. The van der Waals surface area contributed by atoms with Crippen LogP contribution in [0.4, 0.5) is 0 Å². The summed E-state index contributed by atoms with van der Waals surface area (Å²) in [6, 6.07) is 21.3. The van der Waals surface area contributed by atoms with Gasteiger partial charge in [-0.2, -0.15) is 5.10 Å². The lowest BCUT2D eigenvalue weighted by atomic mass is 10.2. The van der Waals surface area contributed by atoms with Crippen LogP contribution in [0.2, 0.25) is 0 Å². The van der Waals surface area contributed by atoms with Crippen LogP contribution in [0.3, 0.4) is 0 Å². The molecule has 1 amide bonds. The summed E-state index contributed by atoms with van der Waals surface area (Å²) in [4.78, 5) is 23.9. The second kappa shape index (κ2) is 8.44. The summed E-state index contributed by atoms with van der Waals surface area (Å²) in [6.07, 6.45) is 1.47. The van der Waals surface area contributed by atoms with Crippen LogP contribution >= 0.6 is 0 Å². The molecular formula is C21H16N2O4. The molecule has 0 aromatic heterocycles. The third kappa shape index (κ3) is 5.02. The summed E-state index contributed by atoms with van der Waals surface area (Å²) in [5.74, 6) is -0.324. The van der Waals surface area contributed by atoms with Crippen LogP contribution in [0.25, 0.3) is 0 Å². The number of carbonyl (C=O) groups is 2. The van der Waals surface area contributed by atoms with Crippen molar-refractivity contribution in [3.05, 3.63) is 95.6 Å². The maximum absolute atomic E-state index is 12.0. The average molecular weight is 360 g/mol. The van der Waals surface area contributed by atoms with Gasteiger partial charge in [0.05, 0.1) is 11.8 Å². The lowest BCUT2D eigenvalue weighted by molar-refractivity contribution is 0.0734. The fraction of sp³-hybridized carbons (Fsp3) is 0. The highest BCUT2D eigenvalue weighted by molar-refractivity contribution is 5.95. The van der Waals surface area contributed by atoms with Crippen molar-refractivity contribution in [3.8, 4) is 11.5 Å². The molecule has 3 aromatic carbocycles. The maximum Gasteiger partial charge on any atom is 0.343 e. The Balaban J connectivity index is 1.55. The minimum absolute atomic E-state index is 0.0862. The lowest BCUT2D eigenvalue weighted by Crippen LogP contribution is -2.17. The SMILES string of the molecule is O=C(N/N=C\c1ccc(OC(=O)c2ccccc2)cc1)c1ccc(O)cc1. The van der Waals surface area contributed by atoms with Crippen molar-refractivity contribution < 1.29 is 19.4 Å². The summed E-state index contributed by atoms with van der Waals surface area (Å²) in [6.45, 7) is 0. The predicted molar refractivity (Wildman–Crippen MR) is 101 cm³/mol. The zero-order valence-corrected chi connectivity index (χ0v) is 14.2. The molecule has 0 radical (unpaired) electrons.